The van der Waals surface area contributed by atoms with Crippen LogP contribution in [0.4, 0.5) is 0 Å². The number of benzene rings is 2. The molecule has 7 heteroatoms. The van der Waals surface area contributed by atoms with Crippen molar-refractivity contribution in [1.29, 1.82) is 0 Å². The number of aromatic nitrogens is 2. The quantitative estimate of drug-likeness (QED) is 0.376. The highest BCUT2D eigenvalue weighted by molar-refractivity contribution is 5.85. The van der Waals surface area contributed by atoms with E-state index < -0.39 is 0 Å². The second kappa shape index (κ2) is 11.2. The van der Waals surface area contributed by atoms with Crippen LogP contribution in [0.5, 0.6) is 0 Å². The van der Waals surface area contributed by atoms with E-state index in [1.165, 1.54) is 16.3 Å². The number of carbonyl (C=O) groups excluding carboxylic acids is 2. The molecule has 2 amide bonds. The minimum atomic E-state index is -0.250. The molecular weight excluding hydrogens is 440 g/mol. The van der Waals surface area contributed by atoms with Crippen LogP contribution < -0.4 is 5.73 Å². The smallest absolute Gasteiger partial charge is 0.249 e. The molecule has 2 unspecified atom stereocenters. The molecule has 1 aliphatic heterocycles. The Labute approximate surface area is 205 Å². The number of carbonyl (C=O) groups is 2. The third-order valence-corrected chi connectivity index (χ3v) is 6.56. The number of hydroxylamine groups is 2. The molecule has 0 saturated carbocycles. The highest BCUT2D eigenvalue weighted by Crippen LogP contribution is 2.22. The highest BCUT2D eigenvalue weighted by Gasteiger charge is 2.24. The molecule has 0 spiro atoms. The molecule has 3 heterocycles. The summed E-state index contributed by atoms with van der Waals surface area (Å²) in [6.45, 7) is 5.20. The maximum Gasteiger partial charge on any atom is 0.249 e. The van der Waals surface area contributed by atoms with Crippen molar-refractivity contribution in [3.05, 3.63) is 72.1 Å². The van der Waals surface area contributed by atoms with Gasteiger partial charge >= 0.3 is 0 Å². The lowest BCUT2D eigenvalue weighted by molar-refractivity contribution is -0.200. The van der Waals surface area contributed by atoms with Gasteiger partial charge in [0.2, 0.25) is 11.8 Å². The summed E-state index contributed by atoms with van der Waals surface area (Å²) >= 11 is 0. The van der Waals surface area contributed by atoms with Crippen LogP contribution in [0.15, 0.2) is 60.9 Å². The number of hydrogen-bond acceptors (Lipinski definition) is 3. The van der Waals surface area contributed by atoms with Crippen molar-refractivity contribution >= 4 is 33.6 Å². The number of nitrogens with zero attached hydrogens (tertiary/aromatic N) is 1. The van der Waals surface area contributed by atoms with E-state index in [-0.39, 0.29) is 23.7 Å². The molecule has 35 heavy (non-hydrogen) atoms. The van der Waals surface area contributed by atoms with E-state index >= 15 is 0 Å². The van der Waals surface area contributed by atoms with Crippen LogP contribution in [0.25, 0.3) is 21.8 Å². The number of nitrogens with two attached hydrogens (primary N) is 1. The third-order valence-electron chi connectivity index (χ3n) is 6.56. The standard InChI is InChI=1S/C16H20N2O2.C12H14N2O/c1-12(16(19)18-8-4-5-9-20-18)10-13-11-17-15-7-3-2-6-14(13)15;1-8(12(13)15)6-9-7-14-11-5-3-2-4-10(9)11/h2-3,6-7,11-12,17H,4-5,8-10H2,1H3;2-5,7-8,14H,6H2,1H3,(H2,13,15). The van der Waals surface area contributed by atoms with Crippen molar-refractivity contribution in [1.82, 2.24) is 15.0 Å². The molecule has 0 bridgehead atoms. The predicted molar refractivity (Wildman–Crippen MR) is 138 cm³/mol. The van der Waals surface area contributed by atoms with Gasteiger partial charge in [-0.15, -0.1) is 0 Å². The molecule has 5 rings (SSSR count). The van der Waals surface area contributed by atoms with Gasteiger partial charge in [-0.3, -0.25) is 14.4 Å². The Kier molecular flexibility index (Phi) is 7.87. The van der Waals surface area contributed by atoms with Crippen molar-refractivity contribution in [3.8, 4) is 0 Å². The van der Waals surface area contributed by atoms with Gasteiger partial charge in [-0.2, -0.15) is 0 Å². The van der Waals surface area contributed by atoms with Crippen molar-refractivity contribution in [2.45, 2.75) is 39.5 Å². The first-order chi connectivity index (χ1) is 16.9. The molecule has 1 aliphatic rings. The van der Waals surface area contributed by atoms with Crippen LogP contribution in [0.2, 0.25) is 0 Å². The van der Waals surface area contributed by atoms with Gasteiger partial charge in [0, 0.05) is 52.6 Å². The first-order valence-corrected chi connectivity index (χ1v) is 12.3. The summed E-state index contributed by atoms with van der Waals surface area (Å²) in [5.41, 5.74) is 9.81. The number of fused-ring (bicyclic) bond motifs is 2. The van der Waals surface area contributed by atoms with Crippen LogP contribution in [0, 0.1) is 11.8 Å². The number of aromatic amines is 2. The number of H-pyrrole nitrogens is 2. The zero-order valence-electron chi connectivity index (χ0n) is 20.4. The van der Waals surface area contributed by atoms with Crippen molar-refractivity contribution in [2.75, 3.05) is 13.2 Å². The number of nitrogens with one attached hydrogen (secondary N) is 2. The van der Waals surface area contributed by atoms with E-state index in [1.807, 2.05) is 56.6 Å². The molecule has 2 aromatic carbocycles. The largest absolute Gasteiger partial charge is 0.369 e. The fourth-order valence-electron chi connectivity index (χ4n) is 4.47. The number of primary amides is 1. The first-order valence-electron chi connectivity index (χ1n) is 12.3. The van der Waals surface area contributed by atoms with Gasteiger partial charge in [0.15, 0.2) is 0 Å². The Bertz CT molecular complexity index is 1290. The zero-order chi connectivity index (χ0) is 24.8. The van der Waals surface area contributed by atoms with Crippen LogP contribution in [-0.2, 0) is 27.3 Å². The molecular formula is C28H34N4O3. The number of amides is 2. The SMILES string of the molecule is CC(Cc1c[nH]c2ccccc12)C(=O)N1CCCCO1.CC(Cc1c[nH]c2ccccc12)C(N)=O. The van der Waals surface area contributed by atoms with Gasteiger partial charge in [-0.1, -0.05) is 50.2 Å². The molecule has 2 aromatic heterocycles. The lowest BCUT2D eigenvalue weighted by Crippen LogP contribution is -2.39. The van der Waals surface area contributed by atoms with Gasteiger partial charge in [0.25, 0.3) is 0 Å². The van der Waals surface area contributed by atoms with E-state index in [2.05, 4.69) is 28.2 Å². The van der Waals surface area contributed by atoms with Crippen LogP contribution in [-0.4, -0.2) is 40.0 Å². The fraction of sp³-hybridized carbons (Fsp3) is 0.357. The summed E-state index contributed by atoms with van der Waals surface area (Å²) in [4.78, 5) is 35.2. The van der Waals surface area contributed by atoms with E-state index in [1.54, 1.807) is 5.06 Å². The zero-order valence-corrected chi connectivity index (χ0v) is 20.4. The second-order valence-corrected chi connectivity index (χ2v) is 9.31. The topological polar surface area (TPSA) is 104 Å². The average molecular weight is 475 g/mol. The average Bonchev–Trinajstić information content (AvgIpc) is 3.49. The Morgan fingerprint density at radius 1 is 0.886 bits per heavy atom. The maximum absolute atomic E-state index is 12.4. The Morgan fingerprint density at radius 2 is 1.43 bits per heavy atom. The van der Waals surface area contributed by atoms with E-state index in [0.29, 0.717) is 13.0 Å². The van der Waals surface area contributed by atoms with Gasteiger partial charge in [-0.05, 0) is 48.9 Å². The Morgan fingerprint density at radius 3 is 1.94 bits per heavy atom. The van der Waals surface area contributed by atoms with Crippen LogP contribution in [0.1, 0.15) is 37.8 Å². The summed E-state index contributed by atoms with van der Waals surface area (Å²) in [6.07, 6.45) is 7.46. The van der Waals surface area contributed by atoms with Gasteiger partial charge < -0.3 is 15.7 Å². The van der Waals surface area contributed by atoms with Gasteiger partial charge in [-0.25, -0.2) is 5.06 Å². The fourth-order valence-corrected chi connectivity index (χ4v) is 4.47. The van der Waals surface area contributed by atoms with E-state index in [0.717, 1.165) is 42.4 Å². The summed E-state index contributed by atoms with van der Waals surface area (Å²) < 4.78 is 0. The summed E-state index contributed by atoms with van der Waals surface area (Å²) in [5.74, 6) is -0.341. The van der Waals surface area contributed by atoms with Crippen LogP contribution >= 0.6 is 0 Å². The van der Waals surface area contributed by atoms with E-state index in [4.69, 9.17) is 10.6 Å². The molecule has 4 aromatic rings. The first kappa shape index (κ1) is 24.5. The minimum absolute atomic E-state index is 0.0627. The molecule has 7 nitrogen and oxygen atoms in total. The summed E-state index contributed by atoms with van der Waals surface area (Å²) in [6, 6.07) is 16.2. The van der Waals surface area contributed by atoms with Crippen molar-refractivity contribution in [2.24, 2.45) is 17.6 Å². The van der Waals surface area contributed by atoms with E-state index in [9.17, 15) is 9.59 Å². The molecule has 1 fully saturated rings. The number of para-hydroxylation sites is 2. The molecule has 0 radical (unpaired) electrons. The Balaban J connectivity index is 0.000000172. The Hall–Kier alpha value is -3.58. The molecule has 184 valence electrons. The van der Waals surface area contributed by atoms with Crippen molar-refractivity contribution < 1.29 is 14.4 Å². The summed E-state index contributed by atoms with van der Waals surface area (Å²) in [5, 5.41) is 3.92. The highest BCUT2D eigenvalue weighted by atomic mass is 16.7. The molecule has 2 atom stereocenters. The van der Waals surface area contributed by atoms with Gasteiger partial charge in [0.1, 0.15) is 0 Å². The minimum Gasteiger partial charge on any atom is -0.369 e. The van der Waals surface area contributed by atoms with Crippen LogP contribution in [0.3, 0.4) is 0 Å². The lowest BCUT2D eigenvalue weighted by atomic mass is 9.99. The lowest BCUT2D eigenvalue weighted by Gasteiger charge is -2.28. The maximum atomic E-state index is 12.4. The van der Waals surface area contributed by atoms with Gasteiger partial charge in [0.05, 0.1) is 6.61 Å². The monoisotopic (exact) mass is 474 g/mol. The summed E-state index contributed by atoms with van der Waals surface area (Å²) in [7, 11) is 0. The number of rotatable bonds is 6. The predicted octanol–water partition coefficient (Wildman–Crippen LogP) is 4.73. The normalized spacial score (nSPS) is 15.4. The molecule has 0 aliphatic carbocycles. The van der Waals surface area contributed by atoms with Crippen molar-refractivity contribution in [3.63, 3.8) is 0 Å². The second-order valence-electron chi connectivity index (χ2n) is 9.31. The number of hydrogen-bond donors (Lipinski definition) is 3. The molecule has 4 N–H and O–H groups in total. The third kappa shape index (κ3) is 5.92. The molecule has 1 saturated heterocycles.